The highest BCUT2D eigenvalue weighted by atomic mass is 35.6. The van der Waals surface area contributed by atoms with Gasteiger partial charge in [-0.2, -0.15) is 11.1 Å². The first-order chi connectivity index (χ1) is 5.99. The molecule has 0 N–H and O–H groups in total. The monoisotopic (exact) mass is 214 g/mol. The van der Waals surface area contributed by atoms with Gasteiger partial charge in [-0.25, -0.2) is 0 Å². The third kappa shape index (κ3) is 1.91. The fourth-order valence-corrected chi connectivity index (χ4v) is 6.16. The van der Waals surface area contributed by atoms with Crippen LogP contribution in [0.25, 0.3) is 0 Å². The summed E-state index contributed by atoms with van der Waals surface area (Å²) in [5.74, 6) is 0. The fourth-order valence-electron chi connectivity index (χ4n) is 2.14. The molecule has 0 nitrogen and oxygen atoms in total. The zero-order chi connectivity index (χ0) is 10.1. The second kappa shape index (κ2) is 4.01. The summed E-state index contributed by atoms with van der Waals surface area (Å²) in [6, 6.07) is 0. The van der Waals surface area contributed by atoms with Gasteiger partial charge in [-0.15, -0.1) is 0 Å². The lowest BCUT2D eigenvalue weighted by Crippen LogP contribution is -2.37. The molecule has 0 spiro atoms. The zero-order valence-electron chi connectivity index (χ0n) is 8.97. The Bertz CT molecular complexity index is 230. The molecule has 0 heterocycles. The maximum atomic E-state index is 6.85. The molecule has 1 aliphatic rings. The Labute approximate surface area is 87.4 Å². The van der Waals surface area contributed by atoms with Gasteiger partial charge in [0.2, 0.25) is 0 Å². The standard InChI is InChI=1S/C11H19ClSi/c1-9(2)13(12,10(3)4)11-7-5-6-8-11/h5-7,9-10H,8H2,1-4H3. The third-order valence-electron chi connectivity index (χ3n) is 2.94. The van der Waals surface area contributed by atoms with E-state index < -0.39 is 7.38 Å². The van der Waals surface area contributed by atoms with E-state index >= 15 is 0 Å². The minimum atomic E-state index is -1.70. The SMILES string of the molecule is CC(C)[Si](Cl)(C1=CC=CC1)C(C)C. The lowest BCUT2D eigenvalue weighted by atomic mass is 10.5. The summed E-state index contributed by atoms with van der Waals surface area (Å²) in [6.07, 6.45) is 7.68. The summed E-state index contributed by atoms with van der Waals surface area (Å²) in [4.78, 5) is 0. The Balaban J connectivity index is 2.91. The van der Waals surface area contributed by atoms with Gasteiger partial charge in [0.15, 0.2) is 7.38 Å². The predicted molar refractivity (Wildman–Crippen MR) is 63.6 cm³/mol. The van der Waals surface area contributed by atoms with E-state index in [0.717, 1.165) is 6.42 Å². The first-order valence-electron chi connectivity index (χ1n) is 5.04. The molecule has 0 aromatic heterocycles. The van der Waals surface area contributed by atoms with E-state index in [9.17, 15) is 0 Å². The normalized spacial score (nSPS) is 17.3. The molecule has 0 saturated heterocycles. The van der Waals surface area contributed by atoms with Crippen molar-refractivity contribution in [2.45, 2.75) is 45.2 Å². The number of hydrogen-bond acceptors (Lipinski definition) is 0. The van der Waals surface area contributed by atoms with E-state index in [1.54, 1.807) is 0 Å². The molecule has 0 aromatic carbocycles. The van der Waals surface area contributed by atoms with Gasteiger partial charge in [-0.3, -0.25) is 0 Å². The molecular formula is C11H19ClSi. The average Bonchev–Trinajstić information content (AvgIpc) is 2.54. The Morgan fingerprint density at radius 3 is 2.08 bits per heavy atom. The summed E-state index contributed by atoms with van der Waals surface area (Å²) in [5.41, 5.74) is 1.25. The molecule has 0 aromatic rings. The molecule has 13 heavy (non-hydrogen) atoms. The number of allylic oxidation sites excluding steroid dienone is 4. The van der Waals surface area contributed by atoms with Crippen LogP contribution in [0.5, 0.6) is 0 Å². The van der Waals surface area contributed by atoms with Gasteiger partial charge in [0, 0.05) is 0 Å². The van der Waals surface area contributed by atoms with Crippen LogP contribution in [-0.2, 0) is 0 Å². The van der Waals surface area contributed by atoms with Crippen molar-refractivity contribution in [3.8, 4) is 0 Å². The molecule has 0 radical (unpaired) electrons. The van der Waals surface area contributed by atoms with Crippen LogP contribution >= 0.6 is 11.1 Å². The quantitative estimate of drug-likeness (QED) is 0.482. The van der Waals surface area contributed by atoms with Gasteiger partial charge in [-0.05, 0) is 17.5 Å². The first kappa shape index (κ1) is 11.1. The van der Waals surface area contributed by atoms with Gasteiger partial charge in [0.05, 0.1) is 0 Å². The van der Waals surface area contributed by atoms with Gasteiger partial charge >= 0.3 is 0 Å². The molecule has 1 aliphatic carbocycles. The highest BCUT2D eigenvalue weighted by Gasteiger charge is 2.41. The molecular weight excluding hydrogens is 196 g/mol. The predicted octanol–water partition coefficient (Wildman–Crippen LogP) is 4.42. The number of rotatable bonds is 3. The molecule has 1 rings (SSSR count). The minimum absolute atomic E-state index is 0.625. The Morgan fingerprint density at radius 1 is 1.23 bits per heavy atom. The fraction of sp³-hybridized carbons (Fsp3) is 0.636. The largest absolute Gasteiger partial charge is 0.188 e. The van der Waals surface area contributed by atoms with Crippen molar-refractivity contribution in [2.24, 2.45) is 0 Å². The van der Waals surface area contributed by atoms with Crippen molar-refractivity contribution in [2.75, 3.05) is 0 Å². The molecule has 0 atom stereocenters. The van der Waals surface area contributed by atoms with Crippen LogP contribution in [0.2, 0.25) is 11.1 Å². The molecule has 0 unspecified atom stereocenters. The van der Waals surface area contributed by atoms with E-state index in [1.165, 1.54) is 5.20 Å². The first-order valence-corrected chi connectivity index (χ1v) is 8.21. The van der Waals surface area contributed by atoms with Crippen molar-refractivity contribution in [1.29, 1.82) is 0 Å². The van der Waals surface area contributed by atoms with Crippen LogP contribution in [0.1, 0.15) is 34.1 Å². The van der Waals surface area contributed by atoms with Crippen molar-refractivity contribution in [3.63, 3.8) is 0 Å². The number of halogens is 1. The van der Waals surface area contributed by atoms with Gasteiger partial charge in [0.1, 0.15) is 0 Å². The summed E-state index contributed by atoms with van der Waals surface area (Å²) >= 11 is 6.85. The second-order valence-corrected chi connectivity index (χ2v) is 10.8. The second-order valence-electron chi connectivity index (χ2n) is 4.40. The molecule has 0 bridgehead atoms. The topological polar surface area (TPSA) is 0 Å². The van der Waals surface area contributed by atoms with Crippen molar-refractivity contribution in [3.05, 3.63) is 23.4 Å². The molecule has 74 valence electrons. The lowest BCUT2D eigenvalue weighted by Gasteiger charge is -2.34. The van der Waals surface area contributed by atoms with Gasteiger partial charge < -0.3 is 0 Å². The Morgan fingerprint density at radius 2 is 1.77 bits per heavy atom. The van der Waals surface area contributed by atoms with Gasteiger partial charge in [0.25, 0.3) is 0 Å². The van der Waals surface area contributed by atoms with Crippen LogP contribution < -0.4 is 0 Å². The smallest absolute Gasteiger partial charge is 0.161 e. The van der Waals surface area contributed by atoms with E-state index in [0.29, 0.717) is 11.1 Å². The van der Waals surface area contributed by atoms with Crippen molar-refractivity contribution >= 4 is 18.5 Å². The van der Waals surface area contributed by atoms with Crippen molar-refractivity contribution in [1.82, 2.24) is 0 Å². The zero-order valence-corrected chi connectivity index (χ0v) is 10.7. The summed E-state index contributed by atoms with van der Waals surface area (Å²) in [7, 11) is -1.70. The Hall–Kier alpha value is -0.0131. The molecule has 0 aliphatic heterocycles. The Kier molecular flexibility index (Phi) is 3.42. The van der Waals surface area contributed by atoms with Crippen LogP contribution in [-0.4, -0.2) is 7.38 Å². The number of hydrogen-bond donors (Lipinski definition) is 0. The van der Waals surface area contributed by atoms with Crippen LogP contribution in [0, 0.1) is 0 Å². The van der Waals surface area contributed by atoms with Crippen LogP contribution in [0.3, 0.4) is 0 Å². The average molecular weight is 215 g/mol. The highest BCUT2D eigenvalue weighted by molar-refractivity contribution is 7.25. The summed E-state index contributed by atoms with van der Waals surface area (Å²) in [6.45, 7) is 9.05. The maximum absolute atomic E-state index is 6.85. The van der Waals surface area contributed by atoms with Crippen LogP contribution in [0.15, 0.2) is 23.4 Å². The lowest BCUT2D eigenvalue weighted by molar-refractivity contribution is 0.925. The van der Waals surface area contributed by atoms with Crippen molar-refractivity contribution < 1.29 is 0 Å². The van der Waals surface area contributed by atoms with Crippen LogP contribution in [0.4, 0.5) is 0 Å². The highest BCUT2D eigenvalue weighted by Crippen LogP contribution is 2.43. The van der Waals surface area contributed by atoms with E-state index in [-0.39, 0.29) is 0 Å². The summed E-state index contributed by atoms with van der Waals surface area (Å²) in [5, 5.41) is 1.51. The molecule has 2 heteroatoms. The summed E-state index contributed by atoms with van der Waals surface area (Å²) < 4.78 is 0. The van der Waals surface area contributed by atoms with E-state index in [1.807, 2.05) is 0 Å². The molecule has 0 saturated carbocycles. The van der Waals surface area contributed by atoms with Gasteiger partial charge in [-0.1, -0.05) is 51.1 Å². The molecule has 0 amide bonds. The van der Waals surface area contributed by atoms with E-state index in [4.69, 9.17) is 11.1 Å². The maximum Gasteiger partial charge on any atom is 0.188 e. The minimum Gasteiger partial charge on any atom is -0.161 e. The van der Waals surface area contributed by atoms with E-state index in [2.05, 4.69) is 45.9 Å². The molecule has 0 fully saturated rings. The third-order valence-corrected chi connectivity index (χ3v) is 11.0.